The Morgan fingerprint density at radius 3 is 2.58 bits per heavy atom. The molecule has 1 heterocycles. The molecule has 0 saturated carbocycles. The van der Waals surface area contributed by atoms with Gasteiger partial charge in [0.05, 0.1) is 5.02 Å². The quantitative estimate of drug-likeness (QED) is 0.894. The standard InChI is InChI=1S/C13H11Cl2FN2O/c1-7-5-8(16)3-4-11(7)19-13-10(15)6-9(14)12(17-2)18-13/h3-6H,1-2H3,(H,17,18). The number of halogens is 3. The smallest absolute Gasteiger partial charge is 0.240 e. The van der Waals surface area contributed by atoms with Crippen LogP contribution in [0.3, 0.4) is 0 Å². The SMILES string of the molecule is CNc1nc(Oc2ccc(F)cc2C)c(Cl)cc1Cl. The van der Waals surface area contributed by atoms with Gasteiger partial charge >= 0.3 is 0 Å². The number of pyridine rings is 1. The molecule has 2 aromatic rings. The maximum atomic E-state index is 13.0. The van der Waals surface area contributed by atoms with Crippen molar-refractivity contribution in [3.8, 4) is 11.6 Å². The van der Waals surface area contributed by atoms with Gasteiger partial charge in [-0.05, 0) is 36.8 Å². The molecule has 0 unspecified atom stereocenters. The molecule has 0 aliphatic rings. The minimum absolute atomic E-state index is 0.213. The van der Waals surface area contributed by atoms with E-state index in [1.807, 2.05) is 0 Å². The fourth-order valence-electron chi connectivity index (χ4n) is 1.53. The minimum atomic E-state index is -0.323. The molecule has 0 amide bonds. The first-order valence-electron chi connectivity index (χ1n) is 5.49. The van der Waals surface area contributed by atoms with Crippen molar-refractivity contribution in [1.29, 1.82) is 0 Å². The predicted molar refractivity (Wildman–Crippen MR) is 75.0 cm³/mol. The van der Waals surface area contributed by atoms with E-state index in [0.29, 0.717) is 22.2 Å². The molecule has 0 aliphatic carbocycles. The van der Waals surface area contributed by atoms with E-state index < -0.39 is 0 Å². The predicted octanol–water partition coefficient (Wildman–Crippen LogP) is 4.67. The molecule has 0 spiro atoms. The number of aromatic nitrogens is 1. The largest absolute Gasteiger partial charge is 0.437 e. The molecule has 0 saturated heterocycles. The van der Waals surface area contributed by atoms with E-state index in [2.05, 4.69) is 10.3 Å². The zero-order valence-corrected chi connectivity index (χ0v) is 11.8. The Bertz CT molecular complexity index is 620. The molecule has 1 aromatic carbocycles. The van der Waals surface area contributed by atoms with Gasteiger partial charge < -0.3 is 10.1 Å². The number of hydrogen-bond donors (Lipinski definition) is 1. The highest BCUT2D eigenvalue weighted by atomic mass is 35.5. The van der Waals surface area contributed by atoms with Gasteiger partial charge in [-0.15, -0.1) is 0 Å². The number of hydrogen-bond acceptors (Lipinski definition) is 3. The molecule has 0 fully saturated rings. The van der Waals surface area contributed by atoms with Gasteiger partial charge in [0.15, 0.2) is 0 Å². The fourth-order valence-corrected chi connectivity index (χ4v) is 2.02. The van der Waals surface area contributed by atoms with Gasteiger partial charge in [0.25, 0.3) is 0 Å². The number of nitrogens with zero attached hydrogens (tertiary/aromatic N) is 1. The summed E-state index contributed by atoms with van der Waals surface area (Å²) < 4.78 is 18.6. The highest BCUT2D eigenvalue weighted by molar-refractivity contribution is 6.36. The molecule has 100 valence electrons. The van der Waals surface area contributed by atoms with Crippen LogP contribution in [-0.4, -0.2) is 12.0 Å². The van der Waals surface area contributed by atoms with E-state index in [-0.39, 0.29) is 16.7 Å². The van der Waals surface area contributed by atoms with Crippen molar-refractivity contribution in [3.63, 3.8) is 0 Å². The second-order valence-corrected chi connectivity index (χ2v) is 4.68. The zero-order chi connectivity index (χ0) is 14.0. The Labute approximate surface area is 120 Å². The summed E-state index contributed by atoms with van der Waals surface area (Å²) in [4.78, 5) is 4.16. The summed E-state index contributed by atoms with van der Waals surface area (Å²) in [6.45, 7) is 1.74. The van der Waals surface area contributed by atoms with Gasteiger partial charge in [0, 0.05) is 7.05 Å². The molecule has 0 bridgehead atoms. The van der Waals surface area contributed by atoms with E-state index in [0.717, 1.165) is 0 Å². The van der Waals surface area contributed by atoms with Crippen molar-refractivity contribution in [3.05, 3.63) is 45.7 Å². The lowest BCUT2D eigenvalue weighted by molar-refractivity contribution is 0.458. The van der Waals surface area contributed by atoms with Gasteiger partial charge in [-0.25, -0.2) is 4.39 Å². The van der Waals surface area contributed by atoms with E-state index in [1.165, 1.54) is 24.3 Å². The van der Waals surface area contributed by atoms with Crippen LogP contribution in [-0.2, 0) is 0 Å². The topological polar surface area (TPSA) is 34.2 Å². The number of nitrogens with one attached hydrogen (secondary N) is 1. The van der Waals surface area contributed by atoms with E-state index in [9.17, 15) is 4.39 Å². The first-order valence-corrected chi connectivity index (χ1v) is 6.24. The van der Waals surface area contributed by atoms with Crippen LogP contribution in [0.15, 0.2) is 24.3 Å². The lowest BCUT2D eigenvalue weighted by atomic mass is 10.2. The second kappa shape index (κ2) is 5.63. The number of aryl methyl sites for hydroxylation is 1. The Hall–Kier alpha value is -1.52. The van der Waals surface area contributed by atoms with Crippen LogP contribution < -0.4 is 10.1 Å². The number of benzene rings is 1. The third kappa shape index (κ3) is 3.08. The number of ether oxygens (including phenoxy) is 1. The molecular formula is C13H11Cl2FN2O. The number of rotatable bonds is 3. The minimum Gasteiger partial charge on any atom is -0.437 e. The summed E-state index contributed by atoms with van der Waals surface area (Å²) in [5, 5.41) is 3.51. The van der Waals surface area contributed by atoms with Crippen molar-refractivity contribution in [2.24, 2.45) is 0 Å². The Kier molecular flexibility index (Phi) is 4.12. The summed E-state index contributed by atoms with van der Waals surface area (Å²) in [6.07, 6.45) is 0. The van der Waals surface area contributed by atoms with Crippen LogP contribution in [0.25, 0.3) is 0 Å². The summed E-state index contributed by atoms with van der Waals surface area (Å²) in [5.74, 6) is 0.835. The lowest BCUT2D eigenvalue weighted by Crippen LogP contribution is -1.97. The average Bonchev–Trinajstić information content (AvgIpc) is 2.35. The van der Waals surface area contributed by atoms with Crippen molar-refractivity contribution < 1.29 is 9.13 Å². The third-order valence-electron chi connectivity index (χ3n) is 2.48. The normalized spacial score (nSPS) is 10.4. The van der Waals surface area contributed by atoms with E-state index in [4.69, 9.17) is 27.9 Å². The van der Waals surface area contributed by atoms with E-state index in [1.54, 1.807) is 14.0 Å². The van der Waals surface area contributed by atoms with Gasteiger partial charge in [-0.3, -0.25) is 0 Å². The zero-order valence-electron chi connectivity index (χ0n) is 10.3. The average molecular weight is 301 g/mol. The van der Waals surface area contributed by atoms with Crippen molar-refractivity contribution in [2.75, 3.05) is 12.4 Å². The highest BCUT2D eigenvalue weighted by Gasteiger charge is 2.12. The maximum absolute atomic E-state index is 13.0. The van der Waals surface area contributed by atoms with Crippen LogP contribution in [0.1, 0.15) is 5.56 Å². The molecule has 0 radical (unpaired) electrons. The third-order valence-corrected chi connectivity index (χ3v) is 3.04. The van der Waals surface area contributed by atoms with Gasteiger partial charge in [0.2, 0.25) is 5.88 Å². The molecule has 1 aromatic heterocycles. The van der Waals surface area contributed by atoms with Crippen LogP contribution in [0, 0.1) is 12.7 Å². The molecule has 1 N–H and O–H groups in total. The molecule has 19 heavy (non-hydrogen) atoms. The van der Waals surface area contributed by atoms with Crippen LogP contribution in [0.4, 0.5) is 10.2 Å². The maximum Gasteiger partial charge on any atom is 0.240 e. The van der Waals surface area contributed by atoms with Crippen molar-refractivity contribution in [2.45, 2.75) is 6.92 Å². The lowest BCUT2D eigenvalue weighted by Gasteiger charge is -2.11. The summed E-state index contributed by atoms with van der Waals surface area (Å²) in [5.41, 5.74) is 0.652. The second-order valence-electron chi connectivity index (χ2n) is 3.87. The molecule has 2 rings (SSSR count). The van der Waals surface area contributed by atoms with Gasteiger partial charge in [0.1, 0.15) is 22.4 Å². The molecular weight excluding hydrogens is 290 g/mol. The van der Waals surface area contributed by atoms with Gasteiger partial charge in [-0.1, -0.05) is 23.2 Å². The first-order chi connectivity index (χ1) is 9.01. The fraction of sp³-hybridized carbons (Fsp3) is 0.154. The summed E-state index contributed by atoms with van der Waals surface area (Å²) in [7, 11) is 1.69. The van der Waals surface area contributed by atoms with Crippen molar-refractivity contribution >= 4 is 29.0 Å². The van der Waals surface area contributed by atoms with Crippen LogP contribution in [0.5, 0.6) is 11.6 Å². The number of anilines is 1. The van der Waals surface area contributed by atoms with Gasteiger partial charge in [-0.2, -0.15) is 4.98 Å². The summed E-state index contributed by atoms with van der Waals surface area (Å²) in [6, 6.07) is 5.75. The molecule has 0 atom stereocenters. The molecule has 6 heteroatoms. The highest BCUT2D eigenvalue weighted by Crippen LogP contribution is 2.34. The van der Waals surface area contributed by atoms with Crippen molar-refractivity contribution in [1.82, 2.24) is 4.98 Å². The van der Waals surface area contributed by atoms with E-state index >= 15 is 0 Å². The molecule has 0 aliphatic heterocycles. The van der Waals surface area contributed by atoms with Crippen LogP contribution >= 0.6 is 23.2 Å². The Morgan fingerprint density at radius 1 is 1.21 bits per heavy atom. The molecule has 3 nitrogen and oxygen atoms in total. The monoisotopic (exact) mass is 300 g/mol. The van der Waals surface area contributed by atoms with Crippen LogP contribution in [0.2, 0.25) is 10.0 Å². The Balaban J connectivity index is 2.37. The Morgan fingerprint density at radius 2 is 1.95 bits per heavy atom. The summed E-state index contributed by atoms with van der Waals surface area (Å²) >= 11 is 12.0. The first kappa shape index (κ1) is 13.9.